The maximum Gasteiger partial charge on any atom is 0.166 e. The van der Waals surface area contributed by atoms with E-state index >= 15 is 0 Å². The van der Waals surface area contributed by atoms with Crippen LogP contribution in [-0.2, 0) is 6.54 Å². The zero-order chi connectivity index (χ0) is 17.6. The van der Waals surface area contributed by atoms with E-state index in [1.165, 1.54) is 12.1 Å². The summed E-state index contributed by atoms with van der Waals surface area (Å²) in [6.45, 7) is 3.29. The topological polar surface area (TPSA) is 41.9 Å². The van der Waals surface area contributed by atoms with Crippen LogP contribution in [0.15, 0.2) is 60.8 Å². The predicted octanol–water partition coefficient (Wildman–Crippen LogP) is 3.66. The minimum absolute atomic E-state index is 0.265. The number of para-hydroxylation sites is 1. The van der Waals surface area contributed by atoms with Crippen LogP contribution in [0.3, 0.4) is 0 Å². The van der Waals surface area contributed by atoms with Crippen molar-refractivity contribution < 1.29 is 4.39 Å². The minimum Gasteiger partial charge on any atom is -0.363 e. The van der Waals surface area contributed by atoms with Gasteiger partial charge in [0.25, 0.3) is 0 Å². The van der Waals surface area contributed by atoms with Crippen LogP contribution in [0, 0.1) is 5.82 Å². The molecule has 0 amide bonds. The molecular weight excluding hydrogens is 335 g/mol. The molecule has 1 heterocycles. The standard InChI is InChI=1S/C19H19FN4S/c1-2-21-19(25)22-12-15-13-24(17-6-4-3-5-7-17)23-18(15)14-8-10-16(20)11-9-14/h3-11,13H,2,12H2,1H3,(H2,21,22,25). The molecule has 0 unspecified atom stereocenters. The molecule has 2 aromatic carbocycles. The lowest BCUT2D eigenvalue weighted by Crippen LogP contribution is -2.34. The van der Waals surface area contributed by atoms with Crippen molar-refractivity contribution in [3.63, 3.8) is 0 Å². The number of nitrogens with zero attached hydrogens (tertiary/aromatic N) is 2. The van der Waals surface area contributed by atoms with Gasteiger partial charge in [-0.15, -0.1) is 0 Å². The summed E-state index contributed by atoms with van der Waals surface area (Å²) >= 11 is 5.23. The quantitative estimate of drug-likeness (QED) is 0.686. The van der Waals surface area contributed by atoms with Crippen molar-refractivity contribution in [3.05, 3.63) is 72.2 Å². The summed E-state index contributed by atoms with van der Waals surface area (Å²) in [4.78, 5) is 0. The fraction of sp³-hybridized carbons (Fsp3) is 0.158. The highest BCUT2D eigenvalue weighted by atomic mass is 32.1. The monoisotopic (exact) mass is 354 g/mol. The highest BCUT2D eigenvalue weighted by Gasteiger charge is 2.12. The first kappa shape index (κ1) is 17.1. The van der Waals surface area contributed by atoms with Crippen molar-refractivity contribution in [1.82, 2.24) is 20.4 Å². The largest absolute Gasteiger partial charge is 0.363 e. The van der Waals surface area contributed by atoms with E-state index in [-0.39, 0.29) is 5.82 Å². The fourth-order valence-electron chi connectivity index (χ4n) is 2.50. The van der Waals surface area contributed by atoms with Crippen LogP contribution >= 0.6 is 12.2 Å². The molecule has 3 rings (SSSR count). The molecule has 0 saturated carbocycles. The lowest BCUT2D eigenvalue weighted by Gasteiger charge is -2.08. The number of benzene rings is 2. The van der Waals surface area contributed by atoms with E-state index in [4.69, 9.17) is 17.3 Å². The Balaban J connectivity index is 1.94. The Labute approximate surface area is 151 Å². The number of aromatic nitrogens is 2. The van der Waals surface area contributed by atoms with Crippen molar-refractivity contribution in [3.8, 4) is 16.9 Å². The number of hydrogen-bond acceptors (Lipinski definition) is 2. The maximum absolute atomic E-state index is 13.2. The SMILES string of the molecule is CCNC(=S)NCc1cn(-c2ccccc2)nc1-c1ccc(F)cc1. The van der Waals surface area contributed by atoms with Gasteiger partial charge in [0, 0.05) is 30.4 Å². The van der Waals surface area contributed by atoms with Gasteiger partial charge in [0.2, 0.25) is 0 Å². The maximum atomic E-state index is 13.2. The Morgan fingerprint density at radius 2 is 1.80 bits per heavy atom. The Kier molecular flexibility index (Phi) is 5.40. The van der Waals surface area contributed by atoms with Gasteiger partial charge in [-0.05, 0) is 55.5 Å². The van der Waals surface area contributed by atoms with E-state index in [1.54, 1.807) is 12.1 Å². The second-order valence-corrected chi connectivity index (χ2v) is 5.91. The van der Waals surface area contributed by atoms with E-state index in [9.17, 15) is 4.39 Å². The average Bonchev–Trinajstić information content (AvgIpc) is 3.06. The predicted molar refractivity (Wildman–Crippen MR) is 102 cm³/mol. The number of hydrogen-bond donors (Lipinski definition) is 2. The molecule has 0 atom stereocenters. The molecule has 2 N–H and O–H groups in total. The summed E-state index contributed by atoms with van der Waals surface area (Å²) in [7, 11) is 0. The average molecular weight is 354 g/mol. The Hall–Kier alpha value is -2.73. The van der Waals surface area contributed by atoms with Crippen LogP contribution in [-0.4, -0.2) is 21.4 Å². The van der Waals surface area contributed by atoms with Crippen molar-refractivity contribution in [2.45, 2.75) is 13.5 Å². The first-order chi connectivity index (χ1) is 12.2. The number of halogens is 1. The summed E-state index contributed by atoms with van der Waals surface area (Å²) in [6, 6.07) is 16.2. The third-order valence-corrected chi connectivity index (χ3v) is 3.99. The highest BCUT2D eigenvalue weighted by Crippen LogP contribution is 2.24. The molecule has 0 bridgehead atoms. The summed E-state index contributed by atoms with van der Waals surface area (Å²) in [5.74, 6) is -0.265. The van der Waals surface area contributed by atoms with Crippen LogP contribution in [0.4, 0.5) is 4.39 Å². The third kappa shape index (κ3) is 4.22. The first-order valence-electron chi connectivity index (χ1n) is 8.09. The van der Waals surface area contributed by atoms with Gasteiger partial charge in [0.15, 0.2) is 5.11 Å². The summed E-state index contributed by atoms with van der Waals surface area (Å²) in [5, 5.41) is 11.5. The molecule has 25 heavy (non-hydrogen) atoms. The second-order valence-electron chi connectivity index (χ2n) is 5.50. The van der Waals surface area contributed by atoms with Gasteiger partial charge in [-0.3, -0.25) is 0 Å². The lowest BCUT2D eigenvalue weighted by molar-refractivity contribution is 0.628. The van der Waals surface area contributed by atoms with Crippen molar-refractivity contribution in [1.29, 1.82) is 0 Å². The molecule has 128 valence electrons. The van der Waals surface area contributed by atoms with Gasteiger partial charge in [-0.1, -0.05) is 18.2 Å². The first-order valence-corrected chi connectivity index (χ1v) is 8.50. The van der Waals surface area contributed by atoms with Crippen molar-refractivity contribution in [2.75, 3.05) is 6.54 Å². The van der Waals surface area contributed by atoms with Gasteiger partial charge in [-0.25, -0.2) is 9.07 Å². The van der Waals surface area contributed by atoms with Crippen molar-refractivity contribution >= 4 is 17.3 Å². The van der Waals surface area contributed by atoms with Crippen LogP contribution < -0.4 is 10.6 Å². The summed E-state index contributed by atoms with van der Waals surface area (Å²) in [6.07, 6.45) is 1.97. The Bertz CT molecular complexity index is 844. The van der Waals surface area contributed by atoms with Crippen LogP contribution in [0.2, 0.25) is 0 Å². The smallest absolute Gasteiger partial charge is 0.166 e. The number of nitrogens with one attached hydrogen (secondary N) is 2. The van der Waals surface area contributed by atoms with Crippen LogP contribution in [0.5, 0.6) is 0 Å². The van der Waals surface area contributed by atoms with Gasteiger partial charge in [0.05, 0.1) is 11.4 Å². The Morgan fingerprint density at radius 3 is 2.48 bits per heavy atom. The van der Waals surface area contributed by atoms with Gasteiger partial charge < -0.3 is 10.6 Å². The molecule has 0 aliphatic rings. The van der Waals surface area contributed by atoms with Crippen LogP contribution in [0.1, 0.15) is 12.5 Å². The molecule has 4 nitrogen and oxygen atoms in total. The molecule has 3 aromatic rings. The minimum atomic E-state index is -0.265. The number of thiocarbonyl (C=S) groups is 1. The lowest BCUT2D eigenvalue weighted by atomic mass is 10.1. The molecule has 0 radical (unpaired) electrons. The van der Waals surface area contributed by atoms with E-state index in [0.717, 1.165) is 29.1 Å². The molecule has 1 aromatic heterocycles. The highest BCUT2D eigenvalue weighted by molar-refractivity contribution is 7.80. The van der Waals surface area contributed by atoms with Gasteiger partial charge in [-0.2, -0.15) is 5.10 Å². The van der Waals surface area contributed by atoms with Gasteiger partial charge in [0.1, 0.15) is 5.82 Å². The normalized spacial score (nSPS) is 10.5. The molecule has 0 saturated heterocycles. The molecular formula is C19H19FN4S. The van der Waals surface area contributed by atoms with E-state index < -0.39 is 0 Å². The fourth-order valence-corrected chi connectivity index (χ4v) is 2.72. The van der Waals surface area contributed by atoms with Crippen LogP contribution in [0.25, 0.3) is 16.9 Å². The van der Waals surface area contributed by atoms with Gasteiger partial charge >= 0.3 is 0 Å². The van der Waals surface area contributed by atoms with E-state index in [0.29, 0.717) is 11.7 Å². The molecule has 6 heteroatoms. The zero-order valence-electron chi connectivity index (χ0n) is 13.9. The van der Waals surface area contributed by atoms with E-state index in [1.807, 2.05) is 48.1 Å². The Morgan fingerprint density at radius 1 is 1.08 bits per heavy atom. The third-order valence-electron chi connectivity index (χ3n) is 3.71. The summed E-state index contributed by atoms with van der Waals surface area (Å²) in [5.41, 5.74) is 3.61. The number of rotatable bonds is 5. The molecule has 0 fully saturated rings. The van der Waals surface area contributed by atoms with Crippen molar-refractivity contribution in [2.24, 2.45) is 0 Å². The van der Waals surface area contributed by atoms with E-state index in [2.05, 4.69) is 10.6 Å². The second kappa shape index (κ2) is 7.90. The summed E-state index contributed by atoms with van der Waals surface area (Å²) < 4.78 is 15.1. The molecule has 0 aliphatic carbocycles. The molecule has 0 spiro atoms. The molecule has 0 aliphatic heterocycles. The zero-order valence-corrected chi connectivity index (χ0v) is 14.7.